The first-order valence-electron chi connectivity index (χ1n) is 4.72. The van der Waals surface area contributed by atoms with Crippen LogP contribution in [0.2, 0.25) is 0 Å². The first-order valence-corrected chi connectivity index (χ1v) is 4.72. The molecular formula is C9H13F3O2. The van der Waals surface area contributed by atoms with Gasteiger partial charge in [0.2, 0.25) is 0 Å². The van der Waals surface area contributed by atoms with Gasteiger partial charge in [0.25, 0.3) is 0 Å². The Morgan fingerprint density at radius 3 is 2.07 bits per heavy atom. The van der Waals surface area contributed by atoms with Crippen LogP contribution in [-0.2, 0) is 4.79 Å². The fraction of sp³-hybridized carbons (Fsp3) is 0.889. The van der Waals surface area contributed by atoms with Crippen molar-refractivity contribution in [2.24, 2.45) is 11.8 Å². The minimum atomic E-state index is -4.60. The van der Waals surface area contributed by atoms with Crippen molar-refractivity contribution in [3.63, 3.8) is 0 Å². The van der Waals surface area contributed by atoms with Crippen molar-refractivity contribution in [3.8, 4) is 0 Å². The number of carboxylic acids is 1. The van der Waals surface area contributed by atoms with E-state index in [9.17, 15) is 18.0 Å². The zero-order chi connectivity index (χ0) is 10.8. The van der Waals surface area contributed by atoms with Gasteiger partial charge in [0.1, 0.15) is 0 Å². The Kier molecular flexibility index (Phi) is 3.39. The second-order valence-electron chi connectivity index (χ2n) is 3.76. The first-order chi connectivity index (χ1) is 6.43. The molecule has 0 unspecified atom stereocenters. The van der Waals surface area contributed by atoms with Gasteiger partial charge in [0.05, 0.1) is 0 Å². The lowest BCUT2D eigenvalue weighted by molar-refractivity contribution is -0.205. The van der Waals surface area contributed by atoms with Crippen LogP contribution in [0, 0.1) is 11.8 Å². The SMILES string of the molecule is O=C(O)[C@H](C1CCCCC1)C(F)(F)F. The Morgan fingerprint density at radius 1 is 1.21 bits per heavy atom. The fourth-order valence-corrected chi connectivity index (χ4v) is 2.08. The zero-order valence-electron chi connectivity index (χ0n) is 7.68. The summed E-state index contributed by atoms with van der Waals surface area (Å²) < 4.78 is 37.1. The average molecular weight is 210 g/mol. The molecule has 0 aliphatic heterocycles. The Labute approximate surface area is 80.1 Å². The molecule has 1 N–H and O–H groups in total. The molecular weight excluding hydrogens is 197 g/mol. The van der Waals surface area contributed by atoms with Crippen LogP contribution in [-0.4, -0.2) is 17.3 Å². The van der Waals surface area contributed by atoms with Gasteiger partial charge >= 0.3 is 12.1 Å². The summed E-state index contributed by atoms with van der Waals surface area (Å²) in [5, 5.41) is 8.54. The summed E-state index contributed by atoms with van der Waals surface area (Å²) in [5.74, 6) is -4.62. The van der Waals surface area contributed by atoms with Crippen molar-refractivity contribution in [1.29, 1.82) is 0 Å². The van der Waals surface area contributed by atoms with Crippen molar-refractivity contribution in [3.05, 3.63) is 0 Å². The Hall–Kier alpha value is -0.740. The molecule has 2 nitrogen and oxygen atoms in total. The Balaban J connectivity index is 2.71. The van der Waals surface area contributed by atoms with Gasteiger partial charge in [0.15, 0.2) is 5.92 Å². The number of alkyl halides is 3. The van der Waals surface area contributed by atoms with Crippen LogP contribution in [0.5, 0.6) is 0 Å². The van der Waals surface area contributed by atoms with E-state index < -0.39 is 24.0 Å². The highest BCUT2D eigenvalue weighted by atomic mass is 19.4. The second kappa shape index (κ2) is 4.19. The summed E-state index contributed by atoms with van der Waals surface area (Å²) in [4.78, 5) is 10.5. The highest BCUT2D eigenvalue weighted by molar-refractivity contribution is 5.71. The molecule has 1 rings (SSSR count). The van der Waals surface area contributed by atoms with Crippen molar-refractivity contribution >= 4 is 5.97 Å². The number of aliphatic carboxylic acids is 1. The molecule has 0 aromatic rings. The smallest absolute Gasteiger partial charge is 0.402 e. The van der Waals surface area contributed by atoms with Crippen LogP contribution >= 0.6 is 0 Å². The summed E-state index contributed by atoms with van der Waals surface area (Å²) in [6.45, 7) is 0. The van der Waals surface area contributed by atoms with Crippen molar-refractivity contribution < 1.29 is 23.1 Å². The average Bonchev–Trinajstić information content (AvgIpc) is 2.02. The maximum Gasteiger partial charge on any atom is 0.402 e. The maximum atomic E-state index is 12.4. The lowest BCUT2D eigenvalue weighted by Crippen LogP contribution is -2.37. The maximum absolute atomic E-state index is 12.4. The third-order valence-corrected chi connectivity index (χ3v) is 2.74. The number of halogens is 3. The van der Waals surface area contributed by atoms with E-state index in [-0.39, 0.29) is 0 Å². The summed E-state index contributed by atoms with van der Waals surface area (Å²) in [5.41, 5.74) is 0. The van der Waals surface area contributed by atoms with E-state index in [1.807, 2.05) is 0 Å². The minimum Gasteiger partial charge on any atom is -0.481 e. The molecule has 1 aliphatic rings. The zero-order valence-corrected chi connectivity index (χ0v) is 7.68. The van der Waals surface area contributed by atoms with Gasteiger partial charge in [-0.2, -0.15) is 13.2 Å². The van der Waals surface area contributed by atoms with Gasteiger partial charge in [-0.15, -0.1) is 0 Å². The van der Waals surface area contributed by atoms with Crippen LogP contribution in [0.25, 0.3) is 0 Å². The quantitative estimate of drug-likeness (QED) is 0.760. The molecule has 5 heteroatoms. The monoisotopic (exact) mass is 210 g/mol. The van der Waals surface area contributed by atoms with E-state index in [0.29, 0.717) is 25.7 Å². The molecule has 82 valence electrons. The van der Waals surface area contributed by atoms with Gasteiger partial charge in [-0.1, -0.05) is 19.3 Å². The van der Waals surface area contributed by atoms with E-state index >= 15 is 0 Å². The Bertz CT molecular complexity index is 207. The highest BCUT2D eigenvalue weighted by Crippen LogP contribution is 2.39. The molecule has 0 aromatic heterocycles. The topological polar surface area (TPSA) is 37.3 Å². The third kappa shape index (κ3) is 2.62. The lowest BCUT2D eigenvalue weighted by atomic mass is 9.79. The predicted molar refractivity (Wildman–Crippen MR) is 43.8 cm³/mol. The van der Waals surface area contributed by atoms with Crippen LogP contribution in [0.1, 0.15) is 32.1 Å². The first kappa shape index (κ1) is 11.3. The van der Waals surface area contributed by atoms with Gasteiger partial charge in [-0.25, -0.2) is 0 Å². The third-order valence-electron chi connectivity index (χ3n) is 2.74. The Morgan fingerprint density at radius 2 is 1.71 bits per heavy atom. The molecule has 1 atom stereocenters. The van der Waals surface area contributed by atoms with Gasteiger partial charge in [0, 0.05) is 0 Å². The number of rotatable bonds is 2. The minimum absolute atomic E-state index is 0.385. The standard InChI is InChI=1S/C9H13F3O2/c10-9(11,12)7(8(13)14)6-4-2-1-3-5-6/h6-7H,1-5H2,(H,13,14)/t7-/m0/s1. The highest BCUT2D eigenvalue weighted by Gasteiger charge is 2.49. The van der Waals surface area contributed by atoms with E-state index in [2.05, 4.69) is 0 Å². The summed E-state index contributed by atoms with van der Waals surface area (Å²) in [6.07, 6.45) is -1.49. The number of carboxylic acid groups (broad SMARTS) is 1. The van der Waals surface area contributed by atoms with Gasteiger partial charge in [-0.3, -0.25) is 4.79 Å². The molecule has 0 spiro atoms. The predicted octanol–water partition coefficient (Wildman–Crippen LogP) is 2.83. The molecule has 0 bridgehead atoms. The molecule has 0 heterocycles. The van der Waals surface area contributed by atoms with Crippen molar-refractivity contribution in [1.82, 2.24) is 0 Å². The van der Waals surface area contributed by atoms with Crippen LogP contribution in [0.3, 0.4) is 0 Å². The molecule has 1 aliphatic carbocycles. The fourth-order valence-electron chi connectivity index (χ4n) is 2.08. The normalized spacial score (nSPS) is 21.9. The number of hydrogen-bond acceptors (Lipinski definition) is 1. The number of hydrogen-bond donors (Lipinski definition) is 1. The van der Waals surface area contributed by atoms with E-state index in [0.717, 1.165) is 6.42 Å². The van der Waals surface area contributed by atoms with Gasteiger partial charge in [-0.05, 0) is 18.8 Å². The summed E-state index contributed by atoms with van der Waals surface area (Å²) in [6, 6.07) is 0. The molecule has 0 aromatic carbocycles. The second-order valence-corrected chi connectivity index (χ2v) is 3.76. The molecule has 0 amide bonds. The van der Waals surface area contributed by atoms with Crippen molar-refractivity contribution in [2.45, 2.75) is 38.3 Å². The molecule has 0 saturated heterocycles. The van der Waals surface area contributed by atoms with Crippen LogP contribution in [0.4, 0.5) is 13.2 Å². The van der Waals surface area contributed by atoms with E-state index in [1.54, 1.807) is 0 Å². The molecule has 1 fully saturated rings. The van der Waals surface area contributed by atoms with E-state index in [4.69, 9.17) is 5.11 Å². The number of carbonyl (C=O) groups is 1. The van der Waals surface area contributed by atoms with Crippen molar-refractivity contribution in [2.75, 3.05) is 0 Å². The van der Waals surface area contributed by atoms with Crippen LogP contribution in [0.15, 0.2) is 0 Å². The molecule has 0 radical (unpaired) electrons. The summed E-state index contributed by atoms with van der Waals surface area (Å²) >= 11 is 0. The van der Waals surface area contributed by atoms with Gasteiger partial charge < -0.3 is 5.11 Å². The molecule has 14 heavy (non-hydrogen) atoms. The lowest BCUT2D eigenvalue weighted by Gasteiger charge is -2.28. The van der Waals surface area contributed by atoms with Crippen LogP contribution < -0.4 is 0 Å². The summed E-state index contributed by atoms with van der Waals surface area (Å²) in [7, 11) is 0. The largest absolute Gasteiger partial charge is 0.481 e. The molecule has 1 saturated carbocycles. The van der Waals surface area contributed by atoms with E-state index in [1.165, 1.54) is 0 Å².